The maximum atomic E-state index is 12.0. The second-order valence-corrected chi connectivity index (χ2v) is 5.43. The van der Waals surface area contributed by atoms with Gasteiger partial charge in [-0.25, -0.2) is 0 Å². The van der Waals surface area contributed by atoms with Crippen molar-refractivity contribution in [2.45, 2.75) is 32.1 Å². The van der Waals surface area contributed by atoms with Crippen LogP contribution in [0.4, 0.5) is 0 Å². The number of Topliss-reactive ketones (excluding diaryl/α,β-unsaturated/α-hetero) is 1. The molecule has 0 aliphatic heterocycles. The minimum Gasteiger partial charge on any atom is -0.466 e. The Hall–Kier alpha value is -2.42. The van der Waals surface area contributed by atoms with E-state index in [9.17, 15) is 9.59 Å². The molecule has 0 heterocycles. The van der Waals surface area contributed by atoms with E-state index in [1.807, 2.05) is 36.4 Å². The van der Waals surface area contributed by atoms with Gasteiger partial charge in [-0.1, -0.05) is 60.7 Å². The Labute approximate surface area is 137 Å². The Kier molecular flexibility index (Phi) is 6.55. The molecule has 0 amide bonds. The van der Waals surface area contributed by atoms with Crippen LogP contribution in [0.15, 0.2) is 60.7 Å². The lowest BCUT2D eigenvalue weighted by atomic mass is 9.87. The lowest BCUT2D eigenvalue weighted by Crippen LogP contribution is -2.12. The van der Waals surface area contributed by atoms with E-state index >= 15 is 0 Å². The second-order valence-electron chi connectivity index (χ2n) is 5.43. The van der Waals surface area contributed by atoms with Crippen molar-refractivity contribution in [3.63, 3.8) is 0 Å². The smallest absolute Gasteiger partial charge is 0.313 e. The minimum atomic E-state index is -0.437. The SMILES string of the molecule is CCOC(=O)CC(=O)CCC(c1ccccc1)c1ccccc1. The summed E-state index contributed by atoms with van der Waals surface area (Å²) in [5, 5.41) is 0. The zero-order valence-corrected chi connectivity index (χ0v) is 13.4. The highest BCUT2D eigenvalue weighted by Gasteiger charge is 2.17. The molecule has 0 bridgehead atoms. The normalized spacial score (nSPS) is 10.5. The average Bonchev–Trinajstić information content (AvgIpc) is 2.57. The first kappa shape index (κ1) is 16.9. The summed E-state index contributed by atoms with van der Waals surface area (Å²) in [4.78, 5) is 23.4. The van der Waals surface area contributed by atoms with Crippen LogP contribution >= 0.6 is 0 Å². The molecule has 0 aliphatic rings. The molecule has 0 N–H and O–H groups in total. The quantitative estimate of drug-likeness (QED) is 0.544. The van der Waals surface area contributed by atoms with E-state index < -0.39 is 5.97 Å². The summed E-state index contributed by atoms with van der Waals surface area (Å²) in [6.45, 7) is 2.05. The van der Waals surface area contributed by atoms with E-state index in [0.29, 0.717) is 19.4 Å². The molecule has 0 radical (unpaired) electrons. The number of carbonyl (C=O) groups excluding carboxylic acids is 2. The summed E-state index contributed by atoms with van der Waals surface area (Å²) in [6, 6.07) is 20.3. The van der Waals surface area contributed by atoms with Gasteiger partial charge in [-0.15, -0.1) is 0 Å². The van der Waals surface area contributed by atoms with Crippen LogP contribution < -0.4 is 0 Å². The second kappa shape index (κ2) is 8.89. The zero-order valence-electron chi connectivity index (χ0n) is 13.4. The molecule has 3 nitrogen and oxygen atoms in total. The molecule has 23 heavy (non-hydrogen) atoms. The maximum absolute atomic E-state index is 12.0. The largest absolute Gasteiger partial charge is 0.466 e. The summed E-state index contributed by atoms with van der Waals surface area (Å²) in [7, 11) is 0. The van der Waals surface area contributed by atoms with Crippen LogP contribution in [0.3, 0.4) is 0 Å². The summed E-state index contributed by atoms with van der Waals surface area (Å²) >= 11 is 0. The molecule has 0 aliphatic carbocycles. The number of carbonyl (C=O) groups is 2. The van der Waals surface area contributed by atoms with E-state index in [0.717, 1.165) is 0 Å². The van der Waals surface area contributed by atoms with Gasteiger partial charge in [0.1, 0.15) is 12.2 Å². The van der Waals surface area contributed by atoms with Gasteiger partial charge in [0.15, 0.2) is 0 Å². The van der Waals surface area contributed by atoms with Crippen LogP contribution in [0.5, 0.6) is 0 Å². The van der Waals surface area contributed by atoms with Gasteiger partial charge in [0.25, 0.3) is 0 Å². The van der Waals surface area contributed by atoms with Crippen molar-refractivity contribution in [2.24, 2.45) is 0 Å². The highest BCUT2D eigenvalue weighted by Crippen LogP contribution is 2.29. The Balaban J connectivity index is 2.05. The van der Waals surface area contributed by atoms with Crippen LogP contribution in [0, 0.1) is 0 Å². The van der Waals surface area contributed by atoms with E-state index in [1.54, 1.807) is 6.92 Å². The predicted molar refractivity (Wildman–Crippen MR) is 90.2 cm³/mol. The van der Waals surface area contributed by atoms with Gasteiger partial charge in [0, 0.05) is 12.3 Å². The fourth-order valence-corrected chi connectivity index (χ4v) is 2.66. The Bertz CT molecular complexity index is 580. The highest BCUT2D eigenvalue weighted by molar-refractivity contribution is 5.95. The van der Waals surface area contributed by atoms with Gasteiger partial charge < -0.3 is 4.74 Å². The first-order valence-electron chi connectivity index (χ1n) is 7.98. The first-order chi connectivity index (χ1) is 11.2. The number of benzene rings is 2. The van der Waals surface area contributed by atoms with Crippen LogP contribution in [0.25, 0.3) is 0 Å². The third kappa shape index (κ3) is 5.37. The number of rotatable bonds is 8. The Morgan fingerprint density at radius 3 is 1.91 bits per heavy atom. The molecule has 2 rings (SSSR count). The zero-order chi connectivity index (χ0) is 16.5. The number of ketones is 1. The van der Waals surface area contributed by atoms with Gasteiger partial charge in [-0.3, -0.25) is 9.59 Å². The van der Waals surface area contributed by atoms with Crippen LogP contribution in [-0.2, 0) is 14.3 Å². The molecule has 0 atom stereocenters. The first-order valence-corrected chi connectivity index (χ1v) is 7.98. The van der Waals surface area contributed by atoms with Gasteiger partial charge in [0.05, 0.1) is 6.61 Å². The van der Waals surface area contributed by atoms with E-state index in [2.05, 4.69) is 24.3 Å². The fraction of sp³-hybridized carbons (Fsp3) is 0.300. The van der Waals surface area contributed by atoms with Crippen molar-refractivity contribution in [3.8, 4) is 0 Å². The maximum Gasteiger partial charge on any atom is 0.313 e. The van der Waals surface area contributed by atoms with Gasteiger partial charge in [-0.2, -0.15) is 0 Å². The third-order valence-electron chi connectivity index (χ3n) is 3.76. The number of hydrogen-bond acceptors (Lipinski definition) is 3. The molecule has 0 saturated heterocycles. The molecule has 0 spiro atoms. The van der Waals surface area contributed by atoms with Crippen molar-refractivity contribution in [1.29, 1.82) is 0 Å². The molecular weight excluding hydrogens is 288 g/mol. The molecule has 0 unspecified atom stereocenters. The summed E-state index contributed by atoms with van der Waals surface area (Å²) < 4.78 is 4.83. The lowest BCUT2D eigenvalue weighted by Gasteiger charge is -2.17. The van der Waals surface area contributed by atoms with Crippen molar-refractivity contribution in [2.75, 3.05) is 6.61 Å². The highest BCUT2D eigenvalue weighted by atomic mass is 16.5. The molecule has 120 valence electrons. The molecule has 0 saturated carbocycles. The van der Waals surface area contributed by atoms with Crippen LogP contribution in [0.2, 0.25) is 0 Å². The number of hydrogen-bond donors (Lipinski definition) is 0. The van der Waals surface area contributed by atoms with Crippen molar-refractivity contribution < 1.29 is 14.3 Å². The van der Waals surface area contributed by atoms with Gasteiger partial charge in [0.2, 0.25) is 0 Å². The molecular formula is C20H22O3. The van der Waals surface area contributed by atoms with Crippen molar-refractivity contribution in [3.05, 3.63) is 71.8 Å². The van der Waals surface area contributed by atoms with E-state index in [4.69, 9.17) is 4.74 Å². The van der Waals surface area contributed by atoms with E-state index in [1.165, 1.54) is 11.1 Å². The average molecular weight is 310 g/mol. The van der Waals surface area contributed by atoms with Crippen molar-refractivity contribution in [1.82, 2.24) is 0 Å². The third-order valence-corrected chi connectivity index (χ3v) is 3.76. The minimum absolute atomic E-state index is 0.0692. The predicted octanol–water partition coefficient (Wildman–Crippen LogP) is 4.12. The molecule has 0 aromatic heterocycles. The number of esters is 1. The Morgan fingerprint density at radius 2 is 1.43 bits per heavy atom. The summed E-state index contributed by atoms with van der Waals surface area (Å²) in [5.74, 6) is -0.350. The standard InChI is InChI=1S/C20H22O3/c1-2-23-20(22)15-18(21)13-14-19(16-9-5-3-6-10-16)17-11-7-4-8-12-17/h3-12,19H,2,13-15H2,1H3. The molecule has 2 aromatic rings. The monoisotopic (exact) mass is 310 g/mol. The molecule has 0 fully saturated rings. The summed E-state index contributed by atoms with van der Waals surface area (Å²) in [5.41, 5.74) is 2.37. The van der Waals surface area contributed by atoms with E-state index in [-0.39, 0.29) is 18.1 Å². The topological polar surface area (TPSA) is 43.4 Å². The van der Waals surface area contributed by atoms with Gasteiger partial charge >= 0.3 is 5.97 Å². The van der Waals surface area contributed by atoms with Crippen LogP contribution in [0.1, 0.15) is 43.2 Å². The van der Waals surface area contributed by atoms with Gasteiger partial charge in [-0.05, 0) is 24.5 Å². The fourth-order valence-electron chi connectivity index (χ4n) is 2.66. The Morgan fingerprint density at radius 1 is 0.913 bits per heavy atom. The molecule has 2 aromatic carbocycles. The number of ether oxygens (including phenoxy) is 1. The summed E-state index contributed by atoms with van der Waals surface area (Å²) in [6.07, 6.45) is 0.920. The lowest BCUT2D eigenvalue weighted by molar-refractivity contribution is -0.145. The van der Waals surface area contributed by atoms with Crippen LogP contribution in [-0.4, -0.2) is 18.4 Å². The molecule has 3 heteroatoms. The van der Waals surface area contributed by atoms with Crippen molar-refractivity contribution >= 4 is 11.8 Å².